The van der Waals surface area contributed by atoms with Crippen molar-refractivity contribution in [1.82, 2.24) is 4.90 Å². The van der Waals surface area contributed by atoms with Crippen LogP contribution < -0.4 is 4.74 Å². The molecule has 3 aromatic rings. The zero-order chi connectivity index (χ0) is 21.8. The Hall–Kier alpha value is -2.83. The summed E-state index contributed by atoms with van der Waals surface area (Å²) in [5, 5.41) is -0.251. The number of halogens is 1. The normalized spacial score (nSPS) is 15.0. The maximum Gasteiger partial charge on any atom is 0.293 e. The number of hydrogen-bond donors (Lipinski definition) is 0. The molecule has 0 spiro atoms. The molecule has 6 heteroatoms. The summed E-state index contributed by atoms with van der Waals surface area (Å²) in [6, 6.07) is 23.4. The van der Waals surface area contributed by atoms with Crippen molar-refractivity contribution in [3.8, 4) is 5.75 Å². The van der Waals surface area contributed by atoms with Gasteiger partial charge in [-0.3, -0.25) is 14.5 Å². The van der Waals surface area contributed by atoms with Gasteiger partial charge in [0.15, 0.2) is 0 Å². The van der Waals surface area contributed by atoms with Gasteiger partial charge in [0.1, 0.15) is 12.4 Å². The smallest absolute Gasteiger partial charge is 0.293 e. The number of carbonyl (C=O) groups is 2. The molecule has 3 aromatic carbocycles. The highest BCUT2D eigenvalue weighted by atomic mass is 79.9. The van der Waals surface area contributed by atoms with Crippen LogP contribution in [0.1, 0.15) is 22.3 Å². The first-order chi connectivity index (χ1) is 15.0. The zero-order valence-electron chi connectivity index (χ0n) is 16.9. The molecular weight excluding hydrogens is 474 g/mol. The van der Waals surface area contributed by atoms with Crippen LogP contribution in [0.25, 0.3) is 6.08 Å². The fraction of sp³-hybridized carbons (Fsp3) is 0.120. The fourth-order valence-corrected chi connectivity index (χ4v) is 4.47. The first kappa shape index (κ1) is 21.4. The molecule has 2 amide bonds. The Balaban J connectivity index is 1.45. The Morgan fingerprint density at radius 3 is 2.42 bits per heavy atom. The minimum atomic E-state index is -0.267. The summed E-state index contributed by atoms with van der Waals surface area (Å²) in [5.74, 6) is 0.449. The monoisotopic (exact) mass is 493 g/mol. The molecule has 1 aliphatic rings. The van der Waals surface area contributed by atoms with Crippen molar-refractivity contribution in [2.24, 2.45) is 0 Å². The number of rotatable bonds is 6. The quantitative estimate of drug-likeness (QED) is 0.364. The minimum absolute atomic E-state index is 0.251. The summed E-state index contributed by atoms with van der Waals surface area (Å²) in [7, 11) is 0. The SMILES string of the molecule is Cc1ccc(CN2C(=O)S/C(=C/c3ccc(OCc4ccccc4)c(Br)c3)C2=O)cc1. The highest BCUT2D eigenvalue weighted by Gasteiger charge is 2.34. The second kappa shape index (κ2) is 9.54. The summed E-state index contributed by atoms with van der Waals surface area (Å²) < 4.78 is 6.66. The minimum Gasteiger partial charge on any atom is -0.488 e. The van der Waals surface area contributed by atoms with Crippen molar-refractivity contribution in [1.29, 1.82) is 0 Å². The van der Waals surface area contributed by atoms with E-state index in [1.165, 1.54) is 4.90 Å². The van der Waals surface area contributed by atoms with E-state index in [9.17, 15) is 9.59 Å². The lowest BCUT2D eigenvalue weighted by Crippen LogP contribution is -2.27. The molecule has 0 bridgehead atoms. The molecule has 0 radical (unpaired) electrons. The average molecular weight is 494 g/mol. The predicted molar refractivity (Wildman–Crippen MR) is 128 cm³/mol. The predicted octanol–water partition coefficient (Wildman–Crippen LogP) is 6.57. The maximum absolute atomic E-state index is 12.8. The van der Waals surface area contributed by atoms with Crippen LogP contribution in [0.2, 0.25) is 0 Å². The summed E-state index contributed by atoms with van der Waals surface area (Å²) in [5.41, 5.74) is 3.97. The number of benzene rings is 3. The first-order valence-corrected chi connectivity index (χ1v) is 11.4. The van der Waals surface area contributed by atoms with Gasteiger partial charge in [-0.2, -0.15) is 0 Å². The van der Waals surface area contributed by atoms with Crippen LogP contribution in [0.15, 0.2) is 82.2 Å². The van der Waals surface area contributed by atoms with Crippen LogP contribution in [0.3, 0.4) is 0 Å². The number of imide groups is 1. The van der Waals surface area contributed by atoms with Gasteiger partial charge < -0.3 is 4.74 Å². The Labute approximate surface area is 194 Å². The van der Waals surface area contributed by atoms with Gasteiger partial charge in [-0.15, -0.1) is 0 Å². The Bertz CT molecular complexity index is 1140. The molecule has 4 rings (SSSR count). The number of amides is 2. The van der Waals surface area contributed by atoms with Crippen LogP contribution in [0, 0.1) is 6.92 Å². The highest BCUT2D eigenvalue weighted by Crippen LogP contribution is 2.35. The number of aryl methyl sites for hydroxylation is 1. The van der Waals surface area contributed by atoms with Gasteiger partial charge in [0.05, 0.1) is 15.9 Å². The summed E-state index contributed by atoms with van der Waals surface area (Å²) in [4.78, 5) is 26.9. The number of thioether (sulfide) groups is 1. The molecule has 31 heavy (non-hydrogen) atoms. The second-order valence-corrected chi connectivity index (χ2v) is 9.07. The molecular formula is C25H20BrNO3S. The number of nitrogens with zero attached hydrogens (tertiary/aromatic N) is 1. The van der Waals surface area contributed by atoms with Gasteiger partial charge in [0.2, 0.25) is 0 Å². The zero-order valence-corrected chi connectivity index (χ0v) is 19.3. The second-order valence-electron chi connectivity index (χ2n) is 7.22. The van der Waals surface area contributed by atoms with Crippen LogP contribution in [0.5, 0.6) is 5.75 Å². The third-order valence-corrected chi connectivity index (χ3v) is 6.35. The molecule has 0 N–H and O–H groups in total. The summed E-state index contributed by atoms with van der Waals surface area (Å²) >= 11 is 4.50. The van der Waals surface area contributed by atoms with Crippen LogP contribution in [0.4, 0.5) is 4.79 Å². The lowest BCUT2D eigenvalue weighted by atomic mass is 10.1. The van der Waals surface area contributed by atoms with Crippen molar-refractivity contribution in [2.75, 3.05) is 0 Å². The van der Waals surface area contributed by atoms with E-state index in [0.717, 1.165) is 38.5 Å². The lowest BCUT2D eigenvalue weighted by molar-refractivity contribution is -0.123. The molecule has 0 aromatic heterocycles. The fourth-order valence-electron chi connectivity index (χ4n) is 3.12. The largest absolute Gasteiger partial charge is 0.488 e. The molecule has 0 atom stereocenters. The molecule has 1 heterocycles. The van der Waals surface area contributed by atoms with Gasteiger partial charge in [0.25, 0.3) is 11.1 Å². The molecule has 1 saturated heterocycles. The molecule has 0 aliphatic carbocycles. The first-order valence-electron chi connectivity index (χ1n) is 9.77. The molecule has 1 fully saturated rings. The van der Waals surface area contributed by atoms with E-state index >= 15 is 0 Å². The molecule has 0 saturated carbocycles. The molecule has 156 valence electrons. The molecule has 4 nitrogen and oxygen atoms in total. The molecule has 1 aliphatic heterocycles. The van der Waals surface area contributed by atoms with Crippen LogP contribution >= 0.6 is 27.7 Å². The van der Waals surface area contributed by atoms with E-state index in [2.05, 4.69) is 15.9 Å². The maximum atomic E-state index is 12.8. The van der Waals surface area contributed by atoms with E-state index in [0.29, 0.717) is 17.3 Å². The van der Waals surface area contributed by atoms with Gasteiger partial charge >= 0.3 is 0 Å². The van der Waals surface area contributed by atoms with Gasteiger partial charge in [0, 0.05) is 0 Å². The van der Waals surface area contributed by atoms with E-state index in [-0.39, 0.29) is 17.7 Å². The van der Waals surface area contributed by atoms with Gasteiger partial charge in [-0.05, 0) is 69.5 Å². The standard InChI is InChI=1S/C25H20BrNO3S/c1-17-7-9-18(10-8-17)15-27-24(28)23(31-25(27)29)14-20-11-12-22(21(26)13-20)30-16-19-5-3-2-4-6-19/h2-14H,15-16H2,1H3/b23-14+. The number of hydrogen-bond acceptors (Lipinski definition) is 4. The lowest BCUT2D eigenvalue weighted by Gasteiger charge is -2.12. The Morgan fingerprint density at radius 1 is 0.968 bits per heavy atom. The number of carbonyl (C=O) groups excluding carboxylic acids is 2. The van der Waals surface area contributed by atoms with Gasteiger partial charge in [-0.25, -0.2) is 0 Å². The van der Waals surface area contributed by atoms with Crippen LogP contribution in [-0.2, 0) is 17.9 Å². The Morgan fingerprint density at radius 2 is 1.71 bits per heavy atom. The van der Waals surface area contributed by atoms with E-state index in [4.69, 9.17) is 4.74 Å². The summed E-state index contributed by atoms with van der Waals surface area (Å²) in [6.45, 7) is 2.75. The third kappa shape index (κ3) is 5.27. The number of ether oxygens (including phenoxy) is 1. The average Bonchev–Trinajstić information content (AvgIpc) is 3.03. The highest BCUT2D eigenvalue weighted by molar-refractivity contribution is 9.10. The van der Waals surface area contributed by atoms with E-state index in [1.54, 1.807) is 6.08 Å². The van der Waals surface area contributed by atoms with Crippen molar-refractivity contribution in [3.63, 3.8) is 0 Å². The summed E-state index contributed by atoms with van der Waals surface area (Å²) in [6.07, 6.45) is 1.74. The topological polar surface area (TPSA) is 46.6 Å². The Kier molecular flexibility index (Phi) is 6.59. The third-order valence-electron chi connectivity index (χ3n) is 4.83. The van der Waals surface area contributed by atoms with Crippen LogP contribution in [-0.4, -0.2) is 16.0 Å². The van der Waals surface area contributed by atoms with Crippen molar-refractivity contribution in [2.45, 2.75) is 20.1 Å². The van der Waals surface area contributed by atoms with E-state index < -0.39 is 0 Å². The molecule has 0 unspecified atom stereocenters. The van der Waals surface area contributed by atoms with Crippen molar-refractivity contribution < 1.29 is 14.3 Å². The van der Waals surface area contributed by atoms with Crippen molar-refractivity contribution >= 4 is 44.9 Å². The van der Waals surface area contributed by atoms with Crippen molar-refractivity contribution in [3.05, 3.63) is 104 Å². The van der Waals surface area contributed by atoms with E-state index in [1.807, 2.05) is 79.7 Å². The van der Waals surface area contributed by atoms with Gasteiger partial charge in [-0.1, -0.05) is 66.2 Å².